The average molecular weight is 457 g/mol. The van der Waals surface area contributed by atoms with Gasteiger partial charge in [-0.25, -0.2) is 0 Å². The van der Waals surface area contributed by atoms with E-state index >= 15 is 0 Å². The quantitative estimate of drug-likeness (QED) is 0.414. The number of aliphatic hydroxyl groups is 1. The van der Waals surface area contributed by atoms with Gasteiger partial charge in [0.1, 0.15) is 0 Å². The number of carbonyl (C=O) groups is 1. The van der Waals surface area contributed by atoms with E-state index in [9.17, 15) is 15.0 Å². The zero-order valence-corrected chi connectivity index (χ0v) is 22.2. The second kappa shape index (κ2) is 7.11. The molecule has 33 heavy (non-hydrogen) atoms. The lowest BCUT2D eigenvalue weighted by atomic mass is 9.33. The lowest BCUT2D eigenvalue weighted by Gasteiger charge is -2.71. The molecule has 0 heterocycles. The maximum atomic E-state index is 12.5. The van der Waals surface area contributed by atoms with E-state index in [1.807, 2.05) is 6.92 Å². The number of fused-ring (bicyclic) bond motifs is 7. The fourth-order valence-electron chi connectivity index (χ4n) is 10.8. The molecule has 4 saturated carbocycles. The normalized spacial score (nSPS) is 58.2. The highest BCUT2D eigenvalue weighted by atomic mass is 16.4. The number of hydrogen-bond donors (Lipinski definition) is 2. The van der Waals surface area contributed by atoms with E-state index in [1.165, 1.54) is 25.7 Å². The van der Waals surface area contributed by atoms with Crippen LogP contribution in [0.5, 0.6) is 0 Å². The minimum Gasteiger partial charge on any atom is -0.481 e. The standard InChI is InChI=1S/C30H48O3/c1-18-10-13-26(3)16-17-28(5)20(24(26)19(18)2)8-9-21-27(4)14-12-23(31)30(7,25(32)33)22(27)11-15-29(21,28)6/h8,18-19,21-24,31H,9-17H2,1-7H3,(H,32,33)/t18-,19+,21-,22-,23-,24?,26-,27-,28-,29-,30-/m1/s1. The topological polar surface area (TPSA) is 57.5 Å². The van der Waals surface area contributed by atoms with Crippen LogP contribution in [0.3, 0.4) is 0 Å². The molecule has 0 aliphatic heterocycles. The van der Waals surface area contributed by atoms with E-state index in [2.05, 4.69) is 47.6 Å². The fraction of sp³-hybridized carbons (Fsp3) is 0.900. The summed E-state index contributed by atoms with van der Waals surface area (Å²) in [5.74, 6) is 1.96. The van der Waals surface area contributed by atoms with E-state index < -0.39 is 17.5 Å². The van der Waals surface area contributed by atoms with Crippen molar-refractivity contribution in [3.63, 3.8) is 0 Å². The predicted octanol–water partition coefficient (Wildman–Crippen LogP) is 7.09. The first-order chi connectivity index (χ1) is 15.3. The Balaban J connectivity index is 1.60. The largest absolute Gasteiger partial charge is 0.481 e. The molecule has 0 aromatic carbocycles. The molecule has 4 fully saturated rings. The number of carboxylic acids is 1. The monoisotopic (exact) mass is 456 g/mol. The maximum Gasteiger partial charge on any atom is 0.312 e. The van der Waals surface area contributed by atoms with Crippen LogP contribution in [0.2, 0.25) is 0 Å². The van der Waals surface area contributed by atoms with E-state index in [0.717, 1.165) is 37.5 Å². The zero-order valence-electron chi connectivity index (χ0n) is 22.2. The number of hydrogen-bond acceptors (Lipinski definition) is 2. The molecule has 0 bridgehead atoms. The van der Waals surface area contributed by atoms with Crippen LogP contribution in [0.4, 0.5) is 0 Å². The highest BCUT2D eigenvalue weighted by Gasteiger charge is 2.69. The zero-order chi connectivity index (χ0) is 24.2. The van der Waals surface area contributed by atoms with Crippen molar-refractivity contribution in [1.29, 1.82) is 0 Å². The van der Waals surface area contributed by atoms with Gasteiger partial charge in [0.25, 0.3) is 0 Å². The SMILES string of the molecule is C[C@@H]1CC[C@]2(C)CC[C@]3(C)C(=CC[C@@H]4[C@@]5(C)CC[C@@H](O)[C@](C)(C(=O)O)[C@@H]5CC[C@]43C)C2[C@H]1C. The van der Waals surface area contributed by atoms with E-state index in [0.29, 0.717) is 23.7 Å². The Morgan fingerprint density at radius 1 is 0.909 bits per heavy atom. The first-order valence-corrected chi connectivity index (χ1v) is 13.9. The maximum absolute atomic E-state index is 12.5. The van der Waals surface area contributed by atoms with Crippen molar-refractivity contribution in [3.8, 4) is 0 Å². The second-order valence-electron chi connectivity index (χ2n) is 14.4. The molecule has 5 rings (SSSR count). The van der Waals surface area contributed by atoms with Gasteiger partial charge in [-0.05, 0) is 116 Å². The number of aliphatic hydroxyl groups excluding tert-OH is 1. The summed E-state index contributed by atoms with van der Waals surface area (Å²) < 4.78 is 0. The van der Waals surface area contributed by atoms with Crippen molar-refractivity contribution < 1.29 is 15.0 Å². The Hall–Kier alpha value is -0.830. The van der Waals surface area contributed by atoms with Crippen LogP contribution >= 0.6 is 0 Å². The molecule has 0 radical (unpaired) electrons. The fourth-order valence-corrected chi connectivity index (χ4v) is 10.8. The molecular weight excluding hydrogens is 408 g/mol. The van der Waals surface area contributed by atoms with E-state index in [-0.39, 0.29) is 22.2 Å². The lowest BCUT2D eigenvalue weighted by Crippen LogP contribution is -2.66. The number of carboxylic acid groups (broad SMARTS) is 1. The average Bonchev–Trinajstić information content (AvgIpc) is 2.75. The summed E-state index contributed by atoms with van der Waals surface area (Å²) >= 11 is 0. The molecule has 3 heteroatoms. The Labute approximate surface area is 201 Å². The summed E-state index contributed by atoms with van der Waals surface area (Å²) in [6.07, 6.45) is 12.0. The molecule has 0 saturated heterocycles. The van der Waals surface area contributed by atoms with Gasteiger partial charge in [-0.2, -0.15) is 0 Å². The number of aliphatic carboxylic acids is 1. The third-order valence-corrected chi connectivity index (χ3v) is 13.5. The molecule has 0 spiro atoms. The Bertz CT molecular complexity index is 878. The van der Waals surface area contributed by atoms with Crippen LogP contribution in [-0.2, 0) is 4.79 Å². The van der Waals surface area contributed by atoms with Crippen LogP contribution in [0.25, 0.3) is 0 Å². The van der Waals surface area contributed by atoms with Crippen molar-refractivity contribution in [3.05, 3.63) is 11.6 Å². The summed E-state index contributed by atoms with van der Waals surface area (Å²) in [4.78, 5) is 12.5. The molecule has 5 aliphatic carbocycles. The summed E-state index contributed by atoms with van der Waals surface area (Å²) in [6.45, 7) is 17.0. The molecule has 11 atom stereocenters. The first-order valence-electron chi connectivity index (χ1n) is 13.9. The number of rotatable bonds is 1. The summed E-state index contributed by atoms with van der Waals surface area (Å²) in [6, 6.07) is 0. The van der Waals surface area contributed by atoms with Crippen LogP contribution in [0.1, 0.15) is 106 Å². The molecule has 1 unspecified atom stereocenters. The Kier molecular flexibility index (Phi) is 5.15. The van der Waals surface area contributed by atoms with Crippen LogP contribution in [0, 0.1) is 56.7 Å². The molecule has 3 nitrogen and oxygen atoms in total. The van der Waals surface area contributed by atoms with Crippen molar-refractivity contribution >= 4 is 5.97 Å². The van der Waals surface area contributed by atoms with Gasteiger partial charge in [-0.15, -0.1) is 0 Å². The second-order valence-corrected chi connectivity index (χ2v) is 14.4. The van der Waals surface area contributed by atoms with E-state index in [4.69, 9.17) is 0 Å². The van der Waals surface area contributed by atoms with Crippen LogP contribution in [-0.4, -0.2) is 22.3 Å². The van der Waals surface area contributed by atoms with Gasteiger partial charge in [-0.1, -0.05) is 53.2 Å². The van der Waals surface area contributed by atoms with Crippen molar-refractivity contribution in [1.82, 2.24) is 0 Å². The van der Waals surface area contributed by atoms with Gasteiger partial charge in [0.15, 0.2) is 0 Å². The minimum atomic E-state index is -1.03. The molecule has 0 amide bonds. The lowest BCUT2D eigenvalue weighted by molar-refractivity contribution is -0.217. The van der Waals surface area contributed by atoms with Gasteiger partial charge in [-0.3, -0.25) is 4.79 Å². The minimum absolute atomic E-state index is 0.0311. The first kappa shape index (κ1) is 23.9. The van der Waals surface area contributed by atoms with Crippen LogP contribution < -0.4 is 0 Å². The molecule has 5 aliphatic rings. The Morgan fingerprint density at radius 3 is 2.27 bits per heavy atom. The molecule has 0 aromatic heterocycles. The summed E-state index contributed by atoms with van der Waals surface area (Å²) in [5.41, 5.74) is 1.56. The van der Waals surface area contributed by atoms with Gasteiger partial charge in [0.2, 0.25) is 0 Å². The smallest absolute Gasteiger partial charge is 0.312 e. The van der Waals surface area contributed by atoms with Crippen LogP contribution in [0.15, 0.2) is 11.6 Å². The third-order valence-electron chi connectivity index (χ3n) is 13.5. The predicted molar refractivity (Wildman–Crippen MR) is 133 cm³/mol. The molecular formula is C30H48O3. The summed E-state index contributed by atoms with van der Waals surface area (Å²) in [5, 5.41) is 21.1. The third kappa shape index (κ3) is 2.75. The Morgan fingerprint density at radius 2 is 1.61 bits per heavy atom. The van der Waals surface area contributed by atoms with Crippen molar-refractivity contribution in [2.45, 2.75) is 112 Å². The molecule has 2 N–H and O–H groups in total. The molecule has 186 valence electrons. The van der Waals surface area contributed by atoms with Gasteiger partial charge < -0.3 is 10.2 Å². The van der Waals surface area contributed by atoms with Gasteiger partial charge in [0.05, 0.1) is 11.5 Å². The van der Waals surface area contributed by atoms with Gasteiger partial charge in [0, 0.05) is 0 Å². The highest BCUT2D eigenvalue weighted by Crippen LogP contribution is 2.75. The van der Waals surface area contributed by atoms with Crippen molar-refractivity contribution in [2.24, 2.45) is 56.7 Å². The van der Waals surface area contributed by atoms with Gasteiger partial charge >= 0.3 is 5.97 Å². The van der Waals surface area contributed by atoms with E-state index in [1.54, 1.807) is 5.57 Å². The summed E-state index contributed by atoms with van der Waals surface area (Å²) in [7, 11) is 0. The highest BCUT2D eigenvalue weighted by molar-refractivity contribution is 5.76. The number of allylic oxidation sites excluding steroid dienone is 2. The molecule has 0 aromatic rings. The van der Waals surface area contributed by atoms with Crippen molar-refractivity contribution in [2.75, 3.05) is 0 Å².